The van der Waals surface area contributed by atoms with Crippen molar-refractivity contribution >= 4 is 7.59 Å². The number of hydrogen-bond acceptors (Lipinski definition) is 1. The zero-order valence-electron chi connectivity index (χ0n) is 8.91. The molecular formula is C9H20N3OP. The molecule has 0 amide bonds. The quantitative estimate of drug-likeness (QED) is 0.727. The van der Waals surface area contributed by atoms with Gasteiger partial charge in [0.05, 0.1) is 0 Å². The molecule has 82 valence electrons. The standard InChI is InChI=1S/C9H20N3OP/c1-10-14(13,11-6-2-3-7-11)12-8-4-5-9-12/h2-9H2,1H3,(H,10,13). The second-order valence-electron chi connectivity index (χ2n) is 4.09. The fourth-order valence-electron chi connectivity index (χ4n) is 2.40. The summed E-state index contributed by atoms with van der Waals surface area (Å²) in [4.78, 5) is 0. The van der Waals surface area contributed by atoms with Gasteiger partial charge in [-0.15, -0.1) is 0 Å². The Hall–Kier alpha value is 0.110. The first-order valence-electron chi connectivity index (χ1n) is 5.57. The van der Waals surface area contributed by atoms with Gasteiger partial charge in [0, 0.05) is 26.2 Å². The van der Waals surface area contributed by atoms with E-state index < -0.39 is 7.59 Å². The summed E-state index contributed by atoms with van der Waals surface area (Å²) in [6, 6.07) is 0. The van der Waals surface area contributed by atoms with E-state index in [1.807, 2.05) is 7.05 Å². The highest BCUT2D eigenvalue weighted by atomic mass is 31.2. The molecule has 0 aromatic heterocycles. The molecule has 2 heterocycles. The largest absolute Gasteiger partial charge is 0.283 e. The summed E-state index contributed by atoms with van der Waals surface area (Å²) in [6.45, 7) is 3.98. The highest BCUT2D eigenvalue weighted by Crippen LogP contribution is 2.51. The minimum absolute atomic E-state index is 0.995. The van der Waals surface area contributed by atoms with Crippen molar-refractivity contribution < 1.29 is 4.57 Å². The first-order valence-corrected chi connectivity index (χ1v) is 7.18. The maximum absolute atomic E-state index is 12.7. The molecule has 1 N–H and O–H groups in total. The highest BCUT2D eigenvalue weighted by Gasteiger charge is 2.38. The van der Waals surface area contributed by atoms with Gasteiger partial charge in [0.15, 0.2) is 0 Å². The highest BCUT2D eigenvalue weighted by molar-refractivity contribution is 7.56. The zero-order chi connectivity index (χ0) is 10.0. The second-order valence-corrected chi connectivity index (χ2v) is 6.76. The summed E-state index contributed by atoms with van der Waals surface area (Å²) < 4.78 is 17.0. The van der Waals surface area contributed by atoms with Crippen molar-refractivity contribution in [2.75, 3.05) is 33.2 Å². The van der Waals surface area contributed by atoms with Crippen LogP contribution in [0.15, 0.2) is 0 Å². The summed E-state index contributed by atoms with van der Waals surface area (Å²) in [5, 5.41) is 3.07. The van der Waals surface area contributed by atoms with E-state index in [1.54, 1.807) is 0 Å². The summed E-state index contributed by atoms with van der Waals surface area (Å²) in [6.07, 6.45) is 4.78. The molecular weight excluding hydrogens is 197 g/mol. The van der Waals surface area contributed by atoms with Gasteiger partial charge in [-0.25, -0.2) is 14.4 Å². The van der Waals surface area contributed by atoms with E-state index in [4.69, 9.17) is 0 Å². The molecule has 2 rings (SSSR count). The summed E-state index contributed by atoms with van der Waals surface area (Å²) in [5.41, 5.74) is 0. The van der Waals surface area contributed by atoms with Gasteiger partial charge in [0.2, 0.25) is 0 Å². The minimum Gasteiger partial charge on any atom is -0.271 e. The molecule has 0 saturated carbocycles. The molecule has 0 radical (unpaired) electrons. The van der Waals surface area contributed by atoms with Crippen LogP contribution in [-0.2, 0) is 4.57 Å². The zero-order valence-corrected chi connectivity index (χ0v) is 9.80. The molecule has 2 fully saturated rings. The maximum Gasteiger partial charge on any atom is 0.283 e. The van der Waals surface area contributed by atoms with Crippen molar-refractivity contribution in [3.63, 3.8) is 0 Å². The van der Waals surface area contributed by atoms with E-state index in [0.29, 0.717) is 0 Å². The number of nitrogens with zero attached hydrogens (tertiary/aromatic N) is 2. The molecule has 0 bridgehead atoms. The first kappa shape index (κ1) is 10.6. The molecule has 5 heteroatoms. The Bertz CT molecular complexity index is 214. The van der Waals surface area contributed by atoms with Gasteiger partial charge in [-0.2, -0.15) is 0 Å². The summed E-state index contributed by atoms with van der Waals surface area (Å²) in [5.74, 6) is 0. The van der Waals surface area contributed by atoms with E-state index >= 15 is 0 Å². The molecule has 2 aliphatic rings. The van der Waals surface area contributed by atoms with Crippen LogP contribution in [0.5, 0.6) is 0 Å². The van der Waals surface area contributed by atoms with Gasteiger partial charge in [-0.1, -0.05) is 0 Å². The monoisotopic (exact) mass is 217 g/mol. The van der Waals surface area contributed by atoms with Crippen LogP contribution in [0.4, 0.5) is 0 Å². The van der Waals surface area contributed by atoms with Crippen molar-refractivity contribution in [1.29, 1.82) is 0 Å². The Labute approximate surface area is 86.2 Å². The maximum atomic E-state index is 12.7. The van der Waals surface area contributed by atoms with Crippen LogP contribution in [0.1, 0.15) is 25.7 Å². The Morgan fingerprint density at radius 2 is 1.29 bits per heavy atom. The van der Waals surface area contributed by atoms with E-state index in [0.717, 1.165) is 26.2 Å². The lowest BCUT2D eigenvalue weighted by molar-refractivity contribution is 0.384. The van der Waals surface area contributed by atoms with Gasteiger partial charge >= 0.3 is 0 Å². The molecule has 14 heavy (non-hydrogen) atoms. The average molecular weight is 217 g/mol. The van der Waals surface area contributed by atoms with Crippen LogP contribution in [0.3, 0.4) is 0 Å². The molecule has 0 spiro atoms. The van der Waals surface area contributed by atoms with Gasteiger partial charge < -0.3 is 0 Å². The summed E-state index contributed by atoms with van der Waals surface area (Å²) >= 11 is 0. The van der Waals surface area contributed by atoms with Crippen molar-refractivity contribution in [1.82, 2.24) is 14.4 Å². The normalized spacial score (nSPS) is 26.1. The molecule has 0 unspecified atom stereocenters. The first-order chi connectivity index (χ1) is 6.77. The lowest BCUT2D eigenvalue weighted by Gasteiger charge is -2.33. The number of nitrogens with one attached hydrogen (secondary N) is 1. The molecule has 2 saturated heterocycles. The third-order valence-electron chi connectivity index (χ3n) is 3.22. The van der Waals surface area contributed by atoms with Crippen molar-refractivity contribution in [2.45, 2.75) is 25.7 Å². The Kier molecular flexibility index (Phi) is 3.27. The molecule has 0 aromatic carbocycles. The smallest absolute Gasteiger partial charge is 0.271 e. The van der Waals surface area contributed by atoms with Crippen LogP contribution in [0.2, 0.25) is 0 Å². The van der Waals surface area contributed by atoms with E-state index in [-0.39, 0.29) is 0 Å². The number of rotatable bonds is 3. The minimum atomic E-state index is -2.38. The van der Waals surface area contributed by atoms with Crippen molar-refractivity contribution in [2.24, 2.45) is 0 Å². The van der Waals surface area contributed by atoms with E-state index in [2.05, 4.69) is 14.4 Å². The Balaban J connectivity index is 2.10. The SMILES string of the molecule is CNP(=O)(N1CCCC1)N1CCCC1. The fraction of sp³-hybridized carbons (Fsp3) is 1.00. The fourth-order valence-corrected chi connectivity index (χ4v) is 4.98. The van der Waals surface area contributed by atoms with Gasteiger partial charge in [0.25, 0.3) is 7.59 Å². The van der Waals surface area contributed by atoms with Crippen LogP contribution in [0, 0.1) is 0 Å². The Morgan fingerprint density at radius 1 is 0.929 bits per heavy atom. The van der Waals surface area contributed by atoms with E-state index in [1.165, 1.54) is 25.7 Å². The third kappa shape index (κ3) is 1.76. The van der Waals surface area contributed by atoms with Crippen LogP contribution in [-0.4, -0.2) is 42.6 Å². The summed E-state index contributed by atoms with van der Waals surface area (Å²) in [7, 11) is -0.548. The third-order valence-corrected chi connectivity index (χ3v) is 6.14. The topological polar surface area (TPSA) is 35.6 Å². The molecule has 0 aliphatic carbocycles. The average Bonchev–Trinajstić information content (AvgIpc) is 2.88. The van der Waals surface area contributed by atoms with Crippen LogP contribution in [0.25, 0.3) is 0 Å². The lowest BCUT2D eigenvalue weighted by atomic mass is 10.4. The van der Waals surface area contributed by atoms with Crippen molar-refractivity contribution in [3.05, 3.63) is 0 Å². The molecule has 0 aromatic rings. The number of hydrogen-bond donors (Lipinski definition) is 1. The predicted octanol–water partition coefficient (Wildman–Crippen LogP) is 1.51. The molecule has 4 nitrogen and oxygen atoms in total. The molecule has 2 aliphatic heterocycles. The van der Waals surface area contributed by atoms with Crippen LogP contribution < -0.4 is 5.09 Å². The molecule has 0 atom stereocenters. The van der Waals surface area contributed by atoms with Gasteiger partial charge in [-0.3, -0.25) is 4.57 Å². The van der Waals surface area contributed by atoms with Crippen molar-refractivity contribution in [3.8, 4) is 0 Å². The van der Waals surface area contributed by atoms with Crippen LogP contribution >= 0.6 is 7.59 Å². The Morgan fingerprint density at radius 3 is 1.57 bits per heavy atom. The van der Waals surface area contributed by atoms with Gasteiger partial charge in [-0.05, 0) is 32.7 Å². The predicted molar refractivity (Wildman–Crippen MR) is 58.3 cm³/mol. The van der Waals surface area contributed by atoms with Gasteiger partial charge in [0.1, 0.15) is 0 Å². The van der Waals surface area contributed by atoms with E-state index in [9.17, 15) is 4.57 Å². The second kappa shape index (κ2) is 4.31. The lowest BCUT2D eigenvalue weighted by Crippen LogP contribution is -2.34.